The summed E-state index contributed by atoms with van der Waals surface area (Å²) in [5.41, 5.74) is 2.59. The van der Waals surface area contributed by atoms with Gasteiger partial charge in [0.15, 0.2) is 0 Å². The van der Waals surface area contributed by atoms with Crippen molar-refractivity contribution in [1.82, 2.24) is 9.55 Å². The van der Waals surface area contributed by atoms with Crippen molar-refractivity contribution in [1.29, 1.82) is 0 Å². The number of fused-ring (bicyclic) bond motifs is 1. The van der Waals surface area contributed by atoms with Crippen molar-refractivity contribution in [3.63, 3.8) is 0 Å². The molecule has 3 aromatic rings. The number of benzene rings is 2. The third kappa shape index (κ3) is 2.29. The number of rotatable bonds is 4. The molecule has 106 valence electrons. The third-order valence-corrected chi connectivity index (χ3v) is 3.61. The summed E-state index contributed by atoms with van der Waals surface area (Å²) in [7, 11) is 0. The van der Waals surface area contributed by atoms with E-state index < -0.39 is 12.0 Å². The van der Waals surface area contributed by atoms with Gasteiger partial charge in [-0.2, -0.15) is 0 Å². The monoisotopic (exact) mass is 280 g/mol. The van der Waals surface area contributed by atoms with Crippen LogP contribution in [-0.4, -0.2) is 20.6 Å². The third-order valence-electron chi connectivity index (χ3n) is 3.61. The average molecular weight is 280 g/mol. The van der Waals surface area contributed by atoms with Crippen molar-refractivity contribution in [2.45, 2.75) is 19.4 Å². The Morgan fingerprint density at radius 3 is 2.48 bits per heavy atom. The molecule has 0 amide bonds. The zero-order valence-electron chi connectivity index (χ0n) is 11.7. The lowest BCUT2D eigenvalue weighted by molar-refractivity contribution is -0.140. The minimum Gasteiger partial charge on any atom is -0.480 e. The zero-order valence-corrected chi connectivity index (χ0v) is 11.7. The predicted molar refractivity (Wildman–Crippen MR) is 82.1 cm³/mol. The van der Waals surface area contributed by atoms with Crippen molar-refractivity contribution in [3.8, 4) is 11.4 Å². The first kappa shape index (κ1) is 13.4. The lowest BCUT2D eigenvalue weighted by Crippen LogP contribution is -2.19. The Labute approximate surface area is 122 Å². The van der Waals surface area contributed by atoms with Crippen LogP contribution in [0.3, 0.4) is 0 Å². The van der Waals surface area contributed by atoms with E-state index >= 15 is 0 Å². The van der Waals surface area contributed by atoms with Crippen molar-refractivity contribution < 1.29 is 9.90 Å². The van der Waals surface area contributed by atoms with Crippen LogP contribution in [0.2, 0.25) is 0 Å². The molecule has 0 aliphatic rings. The topological polar surface area (TPSA) is 55.1 Å². The number of carboxylic acids is 1. The summed E-state index contributed by atoms with van der Waals surface area (Å²) in [5.74, 6) is -0.135. The highest BCUT2D eigenvalue weighted by atomic mass is 16.4. The van der Waals surface area contributed by atoms with Gasteiger partial charge in [0.1, 0.15) is 11.9 Å². The highest BCUT2D eigenvalue weighted by Gasteiger charge is 2.23. The number of carboxylic acid groups (broad SMARTS) is 1. The summed E-state index contributed by atoms with van der Waals surface area (Å²) in [6, 6.07) is 16.7. The molecule has 1 atom stereocenters. The van der Waals surface area contributed by atoms with Crippen LogP contribution < -0.4 is 0 Å². The number of carbonyl (C=O) groups is 1. The Morgan fingerprint density at radius 2 is 1.81 bits per heavy atom. The molecule has 0 aliphatic carbocycles. The quantitative estimate of drug-likeness (QED) is 0.792. The molecule has 1 heterocycles. The molecule has 0 aliphatic heterocycles. The fourth-order valence-electron chi connectivity index (χ4n) is 2.62. The average Bonchev–Trinajstić information content (AvgIpc) is 2.88. The van der Waals surface area contributed by atoms with Crippen LogP contribution in [0.25, 0.3) is 22.4 Å². The summed E-state index contributed by atoms with van der Waals surface area (Å²) < 4.78 is 1.83. The Bertz CT molecular complexity index is 778. The van der Waals surface area contributed by atoms with E-state index in [-0.39, 0.29) is 0 Å². The minimum absolute atomic E-state index is 0.509. The van der Waals surface area contributed by atoms with Gasteiger partial charge in [0.05, 0.1) is 11.0 Å². The second kappa shape index (κ2) is 5.40. The van der Waals surface area contributed by atoms with E-state index in [1.165, 1.54) is 0 Å². The molecule has 1 unspecified atom stereocenters. The van der Waals surface area contributed by atoms with E-state index in [0.29, 0.717) is 12.2 Å². The highest BCUT2D eigenvalue weighted by Crippen LogP contribution is 2.29. The smallest absolute Gasteiger partial charge is 0.326 e. The first-order valence-corrected chi connectivity index (χ1v) is 6.97. The van der Waals surface area contributed by atoms with E-state index in [9.17, 15) is 9.90 Å². The molecule has 21 heavy (non-hydrogen) atoms. The fraction of sp³-hybridized carbons (Fsp3) is 0.176. The Hall–Kier alpha value is -2.62. The SMILES string of the molecule is CCC(C(=O)O)n1c(-c2ccccc2)nc2ccccc21. The summed E-state index contributed by atoms with van der Waals surface area (Å²) in [5, 5.41) is 9.53. The van der Waals surface area contributed by atoms with Gasteiger partial charge in [0, 0.05) is 5.56 Å². The van der Waals surface area contributed by atoms with Gasteiger partial charge >= 0.3 is 5.97 Å². The molecule has 1 aromatic heterocycles. The second-order valence-electron chi connectivity index (χ2n) is 4.92. The van der Waals surface area contributed by atoms with Crippen LogP contribution >= 0.6 is 0 Å². The van der Waals surface area contributed by atoms with E-state index in [2.05, 4.69) is 4.98 Å². The number of para-hydroxylation sites is 2. The number of aromatic nitrogens is 2. The Kier molecular flexibility index (Phi) is 3.44. The molecular formula is C17H16N2O2. The van der Waals surface area contributed by atoms with Crippen molar-refractivity contribution in [2.24, 2.45) is 0 Å². The normalized spacial score (nSPS) is 12.4. The van der Waals surface area contributed by atoms with Crippen LogP contribution in [0.15, 0.2) is 54.6 Å². The molecule has 0 spiro atoms. The minimum atomic E-state index is -0.835. The number of aliphatic carboxylic acids is 1. The van der Waals surface area contributed by atoms with Gasteiger partial charge in [-0.15, -0.1) is 0 Å². The molecule has 0 fully saturated rings. The molecule has 1 N–H and O–H groups in total. The standard InChI is InChI=1S/C17H16N2O2/c1-2-14(17(20)21)19-15-11-7-6-10-13(15)18-16(19)12-8-4-3-5-9-12/h3-11,14H,2H2,1H3,(H,20,21). The van der Waals surface area contributed by atoms with Gasteiger partial charge in [0.25, 0.3) is 0 Å². The molecule has 0 radical (unpaired) electrons. The first-order chi connectivity index (χ1) is 10.2. The van der Waals surface area contributed by atoms with Gasteiger partial charge in [-0.25, -0.2) is 9.78 Å². The van der Waals surface area contributed by atoms with E-state index in [0.717, 1.165) is 16.6 Å². The van der Waals surface area contributed by atoms with Crippen LogP contribution in [-0.2, 0) is 4.79 Å². The summed E-state index contributed by atoms with van der Waals surface area (Å²) in [6.45, 7) is 1.88. The summed E-state index contributed by atoms with van der Waals surface area (Å²) in [6.07, 6.45) is 0.509. The van der Waals surface area contributed by atoms with Crippen LogP contribution in [0.1, 0.15) is 19.4 Å². The Balaban J connectivity index is 2.31. The zero-order chi connectivity index (χ0) is 14.8. The molecular weight excluding hydrogens is 264 g/mol. The first-order valence-electron chi connectivity index (χ1n) is 6.97. The largest absolute Gasteiger partial charge is 0.480 e. The molecule has 2 aromatic carbocycles. The maximum atomic E-state index is 11.6. The summed E-state index contributed by atoms with van der Waals surface area (Å²) in [4.78, 5) is 16.2. The maximum Gasteiger partial charge on any atom is 0.326 e. The highest BCUT2D eigenvalue weighted by molar-refractivity contribution is 5.84. The van der Waals surface area contributed by atoms with Gasteiger partial charge < -0.3 is 9.67 Å². The van der Waals surface area contributed by atoms with Gasteiger partial charge in [-0.3, -0.25) is 0 Å². The lowest BCUT2D eigenvalue weighted by Gasteiger charge is -2.16. The lowest BCUT2D eigenvalue weighted by atomic mass is 10.1. The summed E-state index contributed by atoms with van der Waals surface area (Å²) >= 11 is 0. The predicted octanol–water partition coefficient (Wildman–Crippen LogP) is 3.74. The maximum absolute atomic E-state index is 11.6. The van der Waals surface area contributed by atoms with Crippen molar-refractivity contribution in [2.75, 3.05) is 0 Å². The van der Waals surface area contributed by atoms with Crippen molar-refractivity contribution in [3.05, 3.63) is 54.6 Å². The second-order valence-corrected chi connectivity index (χ2v) is 4.92. The number of hydrogen-bond donors (Lipinski definition) is 1. The number of imidazole rings is 1. The molecule has 4 heteroatoms. The van der Waals surface area contributed by atoms with Crippen LogP contribution in [0.4, 0.5) is 0 Å². The number of hydrogen-bond acceptors (Lipinski definition) is 2. The molecule has 3 rings (SSSR count). The molecule has 0 saturated heterocycles. The van der Waals surface area contributed by atoms with E-state index in [4.69, 9.17) is 0 Å². The van der Waals surface area contributed by atoms with Gasteiger partial charge in [0.2, 0.25) is 0 Å². The molecule has 0 saturated carbocycles. The van der Waals surface area contributed by atoms with Gasteiger partial charge in [-0.1, -0.05) is 49.4 Å². The van der Waals surface area contributed by atoms with Gasteiger partial charge in [-0.05, 0) is 18.6 Å². The molecule has 4 nitrogen and oxygen atoms in total. The number of nitrogens with zero attached hydrogens (tertiary/aromatic N) is 2. The van der Waals surface area contributed by atoms with Crippen LogP contribution in [0, 0.1) is 0 Å². The van der Waals surface area contributed by atoms with Crippen molar-refractivity contribution >= 4 is 17.0 Å². The van der Waals surface area contributed by atoms with Crippen LogP contribution in [0.5, 0.6) is 0 Å². The Morgan fingerprint density at radius 1 is 1.14 bits per heavy atom. The van der Waals surface area contributed by atoms with E-state index in [1.807, 2.05) is 66.1 Å². The molecule has 0 bridgehead atoms. The van der Waals surface area contributed by atoms with E-state index in [1.54, 1.807) is 0 Å². The fourth-order valence-corrected chi connectivity index (χ4v) is 2.62.